The number of nitrogens with one attached hydrogen (secondary N) is 1. The van der Waals surface area contributed by atoms with Gasteiger partial charge in [-0.05, 0) is 26.3 Å². The minimum absolute atomic E-state index is 0.571. The monoisotopic (exact) mass is 177 g/mol. The second-order valence-electron chi connectivity index (χ2n) is 3.63. The van der Waals surface area contributed by atoms with E-state index in [-0.39, 0.29) is 0 Å². The summed E-state index contributed by atoms with van der Waals surface area (Å²) in [6.45, 7) is 4.20. The summed E-state index contributed by atoms with van der Waals surface area (Å²) in [5, 5.41) is 3.38. The molecule has 0 radical (unpaired) electrons. The van der Waals surface area contributed by atoms with Crippen LogP contribution in [0.3, 0.4) is 0 Å². The van der Waals surface area contributed by atoms with E-state index in [0.717, 1.165) is 24.5 Å². The molecule has 0 bridgehead atoms. The van der Waals surface area contributed by atoms with E-state index < -0.39 is 0 Å². The molecule has 1 unspecified atom stereocenters. The maximum absolute atomic E-state index is 4.49. The fraction of sp³-hybridized carbons (Fsp3) is 0.600. The first-order valence-corrected chi connectivity index (χ1v) is 4.85. The summed E-state index contributed by atoms with van der Waals surface area (Å²) in [6.07, 6.45) is 6.19. The lowest BCUT2D eigenvalue weighted by Crippen LogP contribution is -2.28. The molecule has 2 rings (SSSR count). The van der Waals surface area contributed by atoms with Crippen molar-refractivity contribution in [2.24, 2.45) is 0 Å². The van der Waals surface area contributed by atoms with Crippen LogP contribution in [0.2, 0.25) is 0 Å². The van der Waals surface area contributed by atoms with Crippen LogP contribution in [0.25, 0.3) is 0 Å². The van der Waals surface area contributed by atoms with Gasteiger partial charge in [-0.1, -0.05) is 0 Å². The molecule has 13 heavy (non-hydrogen) atoms. The van der Waals surface area contributed by atoms with Crippen molar-refractivity contribution in [3.63, 3.8) is 0 Å². The Bertz CT molecular complexity index is 279. The van der Waals surface area contributed by atoms with Crippen molar-refractivity contribution in [2.75, 3.05) is 13.1 Å². The van der Waals surface area contributed by atoms with Gasteiger partial charge >= 0.3 is 0 Å². The minimum atomic E-state index is 0.571. The SMILES string of the molecule is Cc1cncc(C2CCCNC2)n1. The number of rotatable bonds is 1. The van der Waals surface area contributed by atoms with Gasteiger partial charge in [-0.2, -0.15) is 0 Å². The topological polar surface area (TPSA) is 37.8 Å². The van der Waals surface area contributed by atoms with Crippen LogP contribution < -0.4 is 5.32 Å². The number of nitrogens with zero attached hydrogens (tertiary/aromatic N) is 2. The zero-order valence-corrected chi connectivity index (χ0v) is 7.95. The third-order valence-corrected chi connectivity index (χ3v) is 2.49. The van der Waals surface area contributed by atoms with Crippen LogP contribution in [0.4, 0.5) is 0 Å². The van der Waals surface area contributed by atoms with Gasteiger partial charge in [0.1, 0.15) is 0 Å². The lowest BCUT2D eigenvalue weighted by Gasteiger charge is -2.21. The summed E-state index contributed by atoms with van der Waals surface area (Å²) in [4.78, 5) is 8.66. The van der Waals surface area contributed by atoms with Crippen molar-refractivity contribution in [3.8, 4) is 0 Å². The highest BCUT2D eigenvalue weighted by Gasteiger charge is 2.16. The minimum Gasteiger partial charge on any atom is -0.316 e. The molecule has 70 valence electrons. The van der Waals surface area contributed by atoms with Gasteiger partial charge in [0.15, 0.2) is 0 Å². The van der Waals surface area contributed by atoms with Crippen LogP contribution in [0.1, 0.15) is 30.1 Å². The Labute approximate surface area is 78.6 Å². The first kappa shape index (κ1) is 8.63. The Balaban J connectivity index is 2.14. The zero-order chi connectivity index (χ0) is 9.10. The molecule has 0 amide bonds. The molecule has 1 N–H and O–H groups in total. The summed E-state index contributed by atoms with van der Waals surface area (Å²) < 4.78 is 0. The first-order chi connectivity index (χ1) is 6.36. The molecule has 2 heterocycles. The average Bonchev–Trinajstić information content (AvgIpc) is 2.19. The molecule has 0 aromatic carbocycles. The van der Waals surface area contributed by atoms with Crippen molar-refractivity contribution in [1.29, 1.82) is 0 Å². The zero-order valence-electron chi connectivity index (χ0n) is 7.95. The van der Waals surface area contributed by atoms with E-state index in [4.69, 9.17) is 0 Å². The number of aromatic nitrogens is 2. The van der Waals surface area contributed by atoms with Crippen molar-refractivity contribution in [3.05, 3.63) is 23.8 Å². The molecule has 1 aromatic rings. The van der Waals surface area contributed by atoms with Gasteiger partial charge in [-0.3, -0.25) is 9.97 Å². The van der Waals surface area contributed by atoms with Crippen molar-refractivity contribution >= 4 is 0 Å². The largest absolute Gasteiger partial charge is 0.316 e. The van der Waals surface area contributed by atoms with E-state index in [1.165, 1.54) is 12.8 Å². The third kappa shape index (κ3) is 2.04. The van der Waals surface area contributed by atoms with Gasteiger partial charge < -0.3 is 5.32 Å². The molecule has 0 aliphatic carbocycles. The second-order valence-corrected chi connectivity index (χ2v) is 3.63. The summed E-state index contributed by atoms with van der Waals surface area (Å²) in [6, 6.07) is 0. The normalized spacial score (nSPS) is 23.0. The van der Waals surface area contributed by atoms with Gasteiger partial charge in [-0.15, -0.1) is 0 Å². The van der Waals surface area contributed by atoms with Crippen LogP contribution in [-0.4, -0.2) is 23.1 Å². The summed E-state index contributed by atoms with van der Waals surface area (Å²) in [5.41, 5.74) is 2.16. The Morgan fingerprint density at radius 2 is 2.38 bits per heavy atom. The van der Waals surface area contributed by atoms with Crippen LogP contribution >= 0.6 is 0 Å². The maximum Gasteiger partial charge on any atom is 0.0633 e. The molecule has 1 aromatic heterocycles. The van der Waals surface area contributed by atoms with Crippen LogP contribution in [0, 0.1) is 6.92 Å². The molecule has 1 aliphatic rings. The fourth-order valence-corrected chi connectivity index (χ4v) is 1.78. The predicted octanol–water partition coefficient (Wildman–Crippen LogP) is 1.25. The molecule has 3 nitrogen and oxygen atoms in total. The highest BCUT2D eigenvalue weighted by molar-refractivity contribution is 5.08. The Morgan fingerprint density at radius 3 is 3.08 bits per heavy atom. The van der Waals surface area contributed by atoms with E-state index >= 15 is 0 Å². The quantitative estimate of drug-likeness (QED) is 0.701. The Morgan fingerprint density at radius 1 is 1.46 bits per heavy atom. The summed E-state index contributed by atoms with van der Waals surface area (Å²) in [5.74, 6) is 0.571. The molecule has 1 aliphatic heterocycles. The van der Waals surface area contributed by atoms with Crippen LogP contribution in [0.15, 0.2) is 12.4 Å². The lowest BCUT2D eigenvalue weighted by atomic mass is 9.96. The Hall–Kier alpha value is -0.960. The fourth-order valence-electron chi connectivity index (χ4n) is 1.78. The molecular weight excluding hydrogens is 162 g/mol. The predicted molar refractivity (Wildman–Crippen MR) is 51.6 cm³/mol. The van der Waals surface area contributed by atoms with E-state index in [1.54, 1.807) is 6.20 Å². The maximum atomic E-state index is 4.49. The van der Waals surface area contributed by atoms with E-state index in [1.807, 2.05) is 13.1 Å². The van der Waals surface area contributed by atoms with E-state index in [9.17, 15) is 0 Å². The smallest absolute Gasteiger partial charge is 0.0633 e. The second kappa shape index (κ2) is 3.83. The highest BCUT2D eigenvalue weighted by Crippen LogP contribution is 2.20. The van der Waals surface area contributed by atoms with Gasteiger partial charge in [-0.25, -0.2) is 0 Å². The molecule has 1 atom stereocenters. The van der Waals surface area contributed by atoms with Crippen LogP contribution in [-0.2, 0) is 0 Å². The van der Waals surface area contributed by atoms with Crippen molar-refractivity contribution < 1.29 is 0 Å². The number of piperidine rings is 1. The highest BCUT2D eigenvalue weighted by atomic mass is 14.9. The summed E-state index contributed by atoms with van der Waals surface area (Å²) in [7, 11) is 0. The molecule has 0 saturated carbocycles. The van der Waals surface area contributed by atoms with Gasteiger partial charge in [0.25, 0.3) is 0 Å². The molecular formula is C10H15N3. The van der Waals surface area contributed by atoms with Gasteiger partial charge in [0, 0.05) is 24.9 Å². The van der Waals surface area contributed by atoms with E-state index in [2.05, 4.69) is 15.3 Å². The van der Waals surface area contributed by atoms with Crippen LogP contribution in [0.5, 0.6) is 0 Å². The third-order valence-electron chi connectivity index (χ3n) is 2.49. The van der Waals surface area contributed by atoms with Gasteiger partial charge in [0.2, 0.25) is 0 Å². The lowest BCUT2D eigenvalue weighted by molar-refractivity contribution is 0.453. The molecule has 0 spiro atoms. The number of hydrogen-bond acceptors (Lipinski definition) is 3. The Kier molecular flexibility index (Phi) is 2.54. The average molecular weight is 177 g/mol. The van der Waals surface area contributed by atoms with Gasteiger partial charge in [0.05, 0.1) is 11.4 Å². The number of hydrogen-bond donors (Lipinski definition) is 1. The number of aryl methyl sites for hydroxylation is 1. The standard InChI is InChI=1S/C10H15N3/c1-8-5-12-7-10(13-8)9-3-2-4-11-6-9/h5,7,9,11H,2-4,6H2,1H3. The first-order valence-electron chi connectivity index (χ1n) is 4.85. The van der Waals surface area contributed by atoms with E-state index in [0.29, 0.717) is 5.92 Å². The molecule has 1 saturated heterocycles. The van der Waals surface area contributed by atoms with Crippen molar-refractivity contribution in [1.82, 2.24) is 15.3 Å². The molecule has 3 heteroatoms. The summed E-state index contributed by atoms with van der Waals surface area (Å²) >= 11 is 0. The van der Waals surface area contributed by atoms with Crippen molar-refractivity contribution in [2.45, 2.75) is 25.7 Å². The molecule has 1 fully saturated rings.